The van der Waals surface area contributed by atoms with Gasteiger partial charge >= 0.3 is 6.18 Å². The van der Waals surface area contributed by atoms with Crippen LogP contribution in [0.5, 0.6) is 0 Å². The highest BCUT2D eigenvalue weighted by molar-refractivity contribution is 5.36. The van der Waals surface area contributed by atoms with Gasteiger partial charge in [0.25, 0.3) is 5.82 Å². The Hall–Kier alpha value is -1.33. The lowest BCUT2D eigenvalue weighted by molar-refractivity contribution is -0.145. The molecule has 0 radical (unpaired) electrons. The van der Waals surface area contributed by atoms with Crippen LogP contribution in [0.1, 0.15) is 31.5 Å². The zero-order chi connectivity index (χ0) is 10.9. The lowest BCUT2D eigenvalue weighted by Gasteiger charge is -2.05. The highest BCUT2D eigenvalue weighted by Crippen LogP contribution is 2.27. The minimum atomic E-state index is -4.50. The number of alkyl halides is 3. The third-order valence-electron chi connectivity index (χ3n) is 1.58. The summed E-state index contributed by atoms with van der Waals surface area (Å²) in [7, 11) is 0. The molecule has 0 aliphatic heterocycles. The summed E-state index contributed by atoms with van der Waals surface area (Å²) in [4.78, 5) is 3.33. The van der Waals surface area contributed by atoms with Gasteiger partial charge in [0.05, 0.1) is 0 Å². The van der Waals surface area contributed by atoms with Crippen molar-refractivity contribution in [3.05, 3.63) is 18.2 Å². The van der Waals surface area contributed by atoms with Crippen molar-refractivity contribution in [3.8, 4) is 0 Å². The first-order valence-corrected chi connectivity index (χ1v) is 4.02. The Morgan fingerprint density at radius 2 is 2.00 bits per heavy atom. The number of rotatable bonds is 2. The highest BCUT2D eigenvalue weighted by atomic mass is 19.4. The van der Waals surface area contributed by atoms with Gasteiger partial charge in [0.1, 0.15) is 0 Å². The molecule has 1 aromatic heterocycles. The zero-order valence-corrected chi connectivity index (χ0v) is 7.84. The van der Waals surface area contributed by atoms with Crippen LogP contribution in [0.25, 0.3) is 6.08 Å². The second-order valence-corrected chi connectivity index (χ2v) is 3.03. The topological polar surface area (TPSA) is 30.7 Å². The van der Waals surface area contributed by atoms with E-state index in [-0.39, 0.29) is 11.9 Å². The van der Waals surface area contributed by atoms with E-state index in [1.54, 1.807) is 13.8 Å². The van der Waals surface area contributed by atoms with E-state index >= 15 is 0 Å². The molecule has 0 saturated carbocycles. The SMILES string of the molecule is C=Cc1nc(C(F)(F)F)nn1C(C)C. The minimum absolute atomic E-state index is 0.132. The van der Waals surface area contributed by atoms with Crippen molar-refractivity contribution in [2.45, 2.75) is 26.1 Å². The first-order chi connectivity index (χ1) is 6.36. The minimum Gasteiger partial charge on any atom is -0.243 e. The van der Waals surface area contributed by atoms with Crippen LogP contribution in [0.15, 0.2) is 6.58 Å². The Morgan fingerprint density at radius 3 is 2.29 bits per heavy atom. The number of hydrogen-bond donors (Lipinski definition) is 0. The van der Waals surface area contributed by atoms with Gasteiger partial charge in [-0.15, -0.1) is 5.10 Å². The predicted octanol–water partition coefficient (Wildman–Crippen LogP) is 2.52. The molecule has 3 nitrogen and oxygen atoms in total. The van der Waals surface area contributed by atoms with Gasteiger partial charge in [-0.3, -0.25) is 0 Å². The third kappa shape index (κ3) is 1.94. The van der Waals surface area contributed by atoms with Crippen molar-refractivity contribution < 1.29 is 13.2 Å². The second kappa shape index (κ2) is 3.43. The van der Waals surface area contributed by atoms with Gasteiger partial charge in [0, 0.05) is 6.04 Å². The number of nitrogens with zero attached hydrogens (tertiary/aromatic N) is 3. The maximum Gasteiger partial charge on any atom is 0.453 e. The Bertz CT molecular complexity index is 338. The molecule has 0 saturated heterocycles. The molecule has 0 atom stereocenters. The molecule has 0 fully saturated rings. The van der Waals surface area contributed by atoms with Crippen LogP contribution in [0.4, 0.5) is 13.2 Å². The zero-order valence-electron chi connectivity index (χ0n) is 7.84. The van der Waals surface area contributed by atoms with E-state index < -0.39 is 12.0 Å². The summed E-state index contributed by atoms with van der Waals surface area (Å²) in [5, 5.41) is 3.36. The van der Waals surface area contributed by atoms with Crippen LogP contribution < -0.4 is 0 Å². The van der Waals surface area contributed by atoms with E-state index in [0.717, 1.165) is 0 Å². The maximum absolute atomic E-state index is 12.2. The quantitative estimate of drug-likeness (QED) is 0.742. The van der Waals surface area contributed by atoms with Crippen molar-refractivity contribution in [3.63, 3.8) is 0 Å². The molecular weight excluding hydrogens is 195 g/mol. The largest absolute Gasteiger partial charge is 0.453 e. The van der Waals surface area contributed by atoms with Crippen molar-refractivity contribution in [2.75, 3.05) is 0 Å². The van der Waals surface area contributed by atoms with E-state index in [2.05, 4.69) is 16.7 Å². The van der Waals surface area contributed by atoms with Crippen molar-refractivity contribution in [2.24, 2.45) is 0 Å². The van der Waals surface area contributed by atoms with Gasteiger partial charge in [0.2, 0.25) is 0 Å². The van der Waals surface area contributed by atoms with Gasteiger partial charge in [-0.1, -0.05) is 6.58 Å². The molecule has 14 heavy (non-hydrogen) atoms. The second-order valence-electron chi connectivity index (χ2n) is 3.03. The Kier molecular flexibility index (Phi) is 2.64. The van der Waals surface area contributed by atoms with Crippen LogP contribution in [-0.4, -0.2) is 14.8 Å². The molecule has 0 aliphatic rings. The summed E-state index contributed by atoms with van der Waals surface area (Å²) in [6.45, 7) is 6.83. The summed E-state index contributed by atoms with van der Waals surface area (Å²) in [5.41, 5.74) is 0. The fraction of sp³-hybridized carbons (Fsp3) is 0.500. The predicted molar refractivity (Wildman–Crippen MR) is 45.5 cm³/mol. The Labute approximate surface area is 79.3 Å². The molecule has 0 N–H and O–H groups in total. The van der Waals surface area contributed by atoms with Crippen molar-refractivity contribution in [1.29, 1.82) is 0 Å². The molecule has 6 heteroatoms. The molecule has 0 aliphatic carbocycles. The molecule has 0 aromatic carbocycles. The summed E-state index contributed by atoms with van der Waals surface area (Å²) in [6, 6.07) is -0.174. The van der Waals surface area contributed by atoms with Crippen LogP contribution >= 0.6 is 0 Å². The van der Waals surface area contributed by atoms with Crippen LogP contribution in [0.2, 0.25) is 0 Å². The average Bonchev–Trinajstić information content (AvgIpc) is 2.45. The van der Waals surface area contributed by atoms with Crippen LogP contribution in [0.3, 0.4) is 0 Å². The molecule has 0 amide bonds. The van der Waals surface area contributed by atoms with Gasteiger partial charge in [-0.05, 0) is 19.9 Å². The fourth-order valence-electron chi connectivity index (χ4n) is 0.975. The van der Waals surface area contributed by atoms with Crippen LogP contribution in [0, 0.1) is 0 Å². The van der Waals surface area contributed by atoms with Crippen molar-refractivity contribution in [1.82, 2.24) is 14.8 Å². The molecule has 1 rings (SSSR count). The smallest absolute Gasteiger partial charge is 0.243 e. The summed E-state index contributed by atoms with van der Waals surface area (Å²) >= 11 is 0. The molecule has 0 spiro atoms. The van der Waals surface area contributed by atoms with E-state index in [9.17, 15) is 13.2 Å². The van der Waals surface area contributed by atoms with Gasteiger partial charge in [-0.2, -0.15) is 13.2 Å². The first-order valence-electron chi connectivity index (χ1n) is 4.02. The molecule has 0 unspecified atom stereocenters. The summed E-state index contributed by atoms with van der Waals surface area (Å²) in [5.74, 6) is -0.992. The number of halogens is 3. The van der Waals surface area contributed by atoms with E-state index in [0.29, 0.717) is 0 Å². The maximum atomic E-state index is 12.2. The Morgan fingerprint density at radius 1 is 1.43 bits per heavy atom. The highest BCUT2D eigenvalue weighted by Gasteiger charge is 2.36. The molecule has 1 heterocycles. The van der Waals surface area contributed by atoms with Gasteiger partial charge in [0.15, 0.2) is 5.82 Å². The summed E-state index contributed by atoms with van der Waals surface area (Å²) < 4.78 is 37.8. The Balaban J connectivity index is 3.20. The van der Waals surface area contributed by atoms with E-state index in [1.807, 2.05) is 0 Å². The molecule has 0 bridgehead atoms. The first kappa shape index (κ1) is 10.7. The van der Waals surface area contributed by atoms with E-state index in [4.69, 9.17) is 0 Å². The molecular formula is C8H10F3N3. The van der Waals surface area contributed by atoms with Gasteiger partial charge in [-0.25, -0.2) is 9.67 Å². The fourth-order valence-corrected chi connectivity index (χ4v) is 0.975. The lowest BCUT2D eigenvalue weighted by atomic mass is 10.4. The standard InChI is InChI=1S/C8H10F3N3/c1-4-6-12-7(8(9,10)11)13-14(6)5(2)3/h4-5H,1H2,2-3H3. The number of hydrogen-bond acceptors (Lipinski definition) is 2. The van der Waals surface area contributed by atoms with Crippen molar-refractivity contribution >= 4 is 6.08 Å². The van der Waals surface area contributed by atoms with Gasteiger partial charge < -0.3 is 0 Å². The molecule has 1 aromatic rings. The van der Waals surface area contributed by atoms with E-state index in [1.165, 1.54) is 10.8 Å². The average molecular weight is 205 g/mol. The third-order valence-corrected chi connectivity index (χ3v) is 1.58. The summed E-state index contributed by atoms with van der Waals surface area (Å²) in [6.07, 6.45) is -3.25. The number of aromatic nitrogens is 3. The molecule has 78 valence electrons. The monoisotopic (exact) mass is 205 g/mol. The normalized spacial score (nSPS) is 12.1. The lowest BCUT2D eigenvalue weighted by Crippen LogP contribution is -2.10. The van der Waals surface area contributed by atoms with Crippen LogP contribution in [-0.2, 0) is 6.18 Å².